The number of hydrogen-bond acceptors (Lipinski definition) is 1. The van der Waals surface area contributed by atoms with Crippen molar-refractivity contribution >= 4 is 65.5 Å². The highest BCUT2D eigenvalue weighted by Crippen LogP contribution is 2.41. The second kappa shape index (κ2) is 11.0. The fraction of sp³-hybridized carbons (Fsp3) is 0.0233. The minimum Gasteiger partial charge on any atom is -0.311 e. The predicted octanol–water partition coefficient (Wildman–Crippen LogP) is 12.0. The highest BCUT2D eigenvalue weighted by Gasteiger charge is 2.18. The normalized spacial score (nSPS) is 12.0. The molecule has 0 N–H and O–H groups in total. The monoisotopic (exact) mass is 576 g/mol. The summed E-state index contributed by atoms with van der Waals surface area (Å²) < 4.78 is 2.35. The van der Waals surface area contributed by atoms with Crippen LogP contribution < -0.4 is 4.90 Å². The van der Waals surface area contributed by atoms with Crippen molar-refractivity contribution in [1.29, 1.82) is 0 Å². The topological polar surface area (TPSA) is 8.17 Å². The van der Waals surface area contributed by atoms with Crippen LogP contribution in [0.5, 0.6) is 0 Å². The lowest BCUT2D eigenvalue weighted by Crippen LogP contribution is -2.14. The molecule has 0 spiro atoms. The van der Waals surface area contributed by atoms with E-state index < -0.39 is 0 Å². The Morgan fingerprint density at radius 1 is 0.511 bits per heavy atom. The fourth-order valence-electron chi connectivity index (χ4n) is 6.82. The molecule has 0 amide bonds. The lowest BCUT2D eigenvalue weighted by molar-refractivity contribution is 1.18. The molecule has 8 rings (SSSR count). The smallest absolute Gasteiger partial charge is 0.0542 e. The molecule has 0 bridgehead atoms. The Kier molecular flexibility index (Phi) is 6.54. The maximum Gasteiger partial charge on any atom is 0.0542 e. The van der Waals surface area contributed by atoms with Gasteiger partial charge in [0.05, 0.1) is 11.0 Å². The Labute approximate surface area is 263 Å². The van der Waals surface area contributed by atoms with Crippen LogP contribution in [-0.4, -0.2) is 4.57 Å². The van der Waals surface area contributed by atoms with Gasteiger partial charge in [0.1, 0.15) is 0 Å². The molecule has 0 unspecified atom stereocenters. The van der Waals surface area contributed by atoms with Gasteiger partial charge in [0.15, 0.2) is 0 Å². The first kappa shape index (κ1) is 26.7. The van der Waals surface area contributed by atoms with Crippen molar-refractivity contribution in [3.05, 3.63) is 176 Å². The summed E-state index contributed by atoms with van der Waals surface area (Å²) >= 11 is 0. The summed E-state index contributed by atoms with van der Waals surface area (Å²) in [7, 11) is 0. The van der Waals surface area contributed by atoms with E-state index in [9.17, 15) is 0 Å². The van der Waals surface area contributed by atoms with Crippen molar-refractivity contribution < 1.29 is 0 Å². The molecule has 1 aromatic heterocycles. The second-order valence-corrected chi connectivity index (χ2v) is 11.4. The van der Waals surface area contributed by atoms with Crippen LogP contribution in [0.4, 0.5) is 11.4 Å². The molecule has 0 saturated carbocycles. The number of hydrogen-bond donors (Lipinski definition) is 0. The highest BCUT2D eigenvalue weighted by atomic mass is 15.1. The summed E-state index contributed by atoms with van der Waals surface area (Å²) in [6, 6.07) is 50.3. The summed E-state index contributed by atoms with van der Waals surface area (Å²) in [6.45, 7) is 6.59. The molecule has 0 atom stereocenters. The summed E-state index contributed by atoms with van der Waals surface area (Å²) in [4.78, 5) is 2.28. The summed E-state index contributed by atoms with van der Waals surface area (Å²) in [5.74, 6) is 0. The third-order valence-electron chi connectivity index (χ3n) is 8.79. The number of fused-ring (bicyclic) bond motifs is 9. The maximum atomic E-state index is 4.57. The van der Waals surface area contributed by atoms with Crippen molar-refractivity contribution in [2.24, 2.45) is 0 Å². The Bertz CT molecular complexity index is 2420. The van der Waals surface area contributed by atoms with Crippen LogP contribution in [-0.2, 0) is 0 Å². The van der Waals surface area contributed by atoms with Crippen LogP contribution in [0.15, 0.2) is 176 Å². The zero-order chi connectivity index (χ0) is 30.3. The number of aromatic nitrogens is 1. The molecule has 214 valence electrons. The van der Waals surface area contributed by atoms with E-state index >= 15 is 0 Å². The van der Waals surface area contributed by atoms with E-state index in [2.05, 4.69) is 168 Å². The van der Waals surface area contributed by atoms with Crippen molar-refractivity contribution in [2.75, 3.05) is 4.90 Å². The SMILES string of the molecule is C=C(/C=C\C=C/C)N(c1ccc2c3ccccc3c3ccccc3c2c1)c1ccc2c(c1)c1ccccc1n2-c1ccccc1. The van der Waals surface area contributed by atoms with Crippen LogP contribution in [0, 0.1) is 0 Å². The summed E-state index contributed by atoms with van der Waals surface area (Å²) in [5.41, 5.74) is 6.56. The van der Waals surface area contributed by atoms with Crippen LogP contribution in [0.1, 0.15) is 6.92 Å². The molecule has 0 aliphatic carbocycles. The predicted molar refractivity (Wildman–Crippen MR) is 195 cm³/mol. The Morgan fingerprint density at radius 2 is 1.02 bits per heavy atom. The molecule has 0 radical (unpaired) electrons. The molecule has 0 aliphatic heterocycles. The van der Waals surface area contributed by atoms with Gasteiger partial charge in [-0.05, 0) is 93.8 Å². The van der Waals surface area contributed by atoms with Gasteiger partial charge < -0.3 is 9.47 Å². The number of para-hydroxylation sites is 2. The fourth-order valence-corrected chi connectivity index (χ4v) is 6.82. The van der Waals surface area contributed by atoms with Gasteiger partial charge in [0.2, 0.25) is 0 Å². The molecular formula is C43H32N2. The van der Waals surface area contributed by atoms with E-state index in [0.717, 1.165) is 22.8 Å². The van der Waals surface area contributed by atoms with Gasteiger partial charge in [-0.25, -0.2) is 0 Å². The first-order chi connectivity index (χ1) is 22.2. The van der Waals surface area contributed by atoms with Gasteiger partial charge >= 0.3 is 0 Å². The second-order valence-electron chi connectivity index (χ2n) is 11.4. The van der Waals surface area contributed by atoms with E-state index in [1.54, 1.807) is 0 Å². The van der Waals surface area contributed by atoms with Crippen LogP contribution in [0.2, 0.25) is 0 Å². The molecule has 0 aliphatic rings. The molecule has 8 aromatic rings. The van der Waals surface area contributed by atoms with Crippen LogP contribution >= 0.6 is 0 Å². The molecule has 7 aromatic carbocycles. The quantitative estimate of drug-likeness (QED) is 0.141. The van der Waals surface area contributed by atoms with E-state index in [4.69, 9.17) is 0 Å². The van der Waals surface area contributed by atoms with E-state index in [1.807, 2.05) is 19.1 Å². The Balaban J connectivity index is 1.38. The number of nitrogens with zero attached hydrogens (tertiary/aromatic N) is 2. The van der Waals surface area contributed by atoms with Gasteiger partial charge in [-0.2, -0.15) is 0 Å². The van der Waals surface area contributed by atoms with Gasteiger partial charge in [-0.3, -0.25) is 0 Å². The molecular weight excluding hydrogens is 544 g/mol. The minimum atomic E-state index is 0.892. The molecule has 1 heterocycles. The minimum absolute atomic E-state index is 0.892. The van der Waals surface area contributed by atoms with E-state index in [1.165, 1.54) is 54.1 Å². The van der Waals surface area contributed by atoms with Crippen molar-refractivity contribution in [2.45, 2.75) is 6.92 Å². The van der Waals surface area contributed by atoms with Crippen molar-refractivity contribution in [1.82, 2.24) is 4.57 Å². The molecule has 0 fully saturated rings. The standard InChI is InChI=1S/C43H32N2/c1-3-4-6-15-30(2)44(32-24-26-38-36-20-10-9-18-34(36)35-19-11-12-21-37(35)40(38)28-32)33-25-27-43-41(29-33)39-22-13-14-23-42(39)45(43)31-16-7-5-8-17-31/h3-29H,2H2,1H3/b4-3-,15-6-. The van der Waals surface area contributed by atoms with E-state index in [0.29, 0.717) is 0 Å². The third kappa shape index (κ3) is 4.42. The number of allylic oxidation sites excluding steroid dienone is 4. The Morgan fingerprint density at radius 3 is 1.69 bits per heavy atom. The van der Waals surface area contributed by atoms with Gasteiger partial charge in [0.25, 0.3) is 0 Å². The zero-order valence-electron chi connectivity index (χ0n) is 25.2. The molecule has 2 nitrogen and oxygen atoms in total. The largest absolute Gasteiger partial charge is 0.311 e. The Hall–Kier alpha value is -5.86. The van der Waals surface area contributed by atoms with Crippen molar-refractivity contribution in [3.8, 4) is 5.69 Å². The lowest BCUT2D eigenvalue weighted by atomic mass is 9.94. The van der Waals surface area contributed by atoms with E-state index in [-0.39, 0.29) is 0 Å². The maximum absolute atomic E-state index is 4.57. The first-order valence-electron chi connectivity index (χ1n) is 15.4. The lowest BCUT2D eigenvalue weighted by Gasteiger charge is -2.26. The first-order valence-corrected chi connectivity index (χ1v) is 15.4. The number of rotatable bonds is 6. The highest BCUT2D eigenvalue weighted by molar-refractivity contribution is 6.25. The van der Waals surface area contributed by atoms with Crippen molar-refractivity contribution in [3.63, 3.8) is 0 Å². The van der Waals surface area contributed by atoms with Gasteiger partial charge in [-0.15, -0.1) is 0 Å². The van der Waals surface area contributed by atoms with Gasteiger partial charge in [-0.1, -0.05) is 116 Å². The zero-order valence-corrected chi connectivity index (χ0v) is 25.2. The molecule has 45 heavy (non-hydrogen) atoms. The van der Waals surface area contributed by atoms with Crippen LogP contribution in [0.3, 0.4) is 0 Å². The average Bonchev–Trinajstić information content (AvgIpc) is 3.43. The average molecular weight is 577 g/mol. The third-order valence-corrected chi connectivity index (χ3v) is 8.79. The molecule has 2 heteroatoms. The number of benzene rings is 7. The summed E-state index contributed by atoms with van der Waals surface area (Å²) in [6.07, 6.45) is 8.21. The van der Waals surface area contributed by atoms with Crippen LogP contribution in [0.25, 0.3) is 59.8 Å². The molecule has 0 saturated heterocycles. The summed E-state index contributed by atoms with van der Waals surface area (Å²) in [5, 5.41) is 10.00. The number of anilines is 2. The van der Waals surface area contributed by atoms with Gasteiger partial charge in [0, 0.05) is 33.5 Å².